The molecular formula is C6H5BrF3NOS. The van der Waals surface area contributed by atoms with Crippen molar-refractivity contribution in [1.29, 1.82) is 0 Å². The third-order valence-corrected chi connectivity index (χ3v) is 2.89. The van der Waals surface area contributed by atoms with Gasteiger partial charge in [-0.1, -0.05) is 11.3 Å². The van der Waals surface area contributed by atoms with Crippen LogP contribution >= 0.6 is 27.3 Å². The third kappa shape index (κ3) is 2.57. The molecule has 0 N–H and O–H groups in total. The fraction of sp³-hybridized carbons (Fsp3) is 0.500. The summed E-state index contributed by atoms with van der Waals surface area (Å²) in [6.45, 7) is 2.01. The quantitative estimate of drug-likeness (QED) is 0.826. The Bertz CT molecular complexity index is 299. The van der Waals surface area contributed by atoms with Gasteiger partial charge in [-0.25, -0.2) is 4.98 Å². The molecular weight excluding hydrogens is 271 g/mol. The van der Waals surface area contributed by atoms with Gasteiger partial charge in [-0.05, 0) is 22.9 Å². The standard InChI is InChI=1S/C6H5BrF3NOS/c1-2-12-4-3(7)11-5(13-4)6(8,9)10/h2H2,1H3. The molecule has 0 bridgehead atoms. The van der Waals surface area contributed by atoms with E-state index in [1.165, 1.54) is 0 Å². The number of thiazole rings is 1. The Hall–Kier alpha value is -0.300. The van der Waals surface area contributed by atoms with Gasteiger partial charge in [0.05, 0.1) is 6.61 Å². The molecule has 13 heavy (non-hydrogen) atoms. The zero-order valence-corrected chi connectivity index (χ0v) is 8.89. The lowest BCUT2D eigenvalue weighted by Gasteiger charge is -1.98. The minimum Gasteiger partial charge on any atom is -0.482 e. The van der Waals surface area contributed by atoms with Crippen molar-refractivity contribution in [3.05, 3.63) is 9.61 Å². The fourth-order valence-electron chi connectivity index (χ4n) is 0.629. The van der Waals surface area contributed by atoms with Crippen LogP contribution in [0.25, 0.3) is 0 Å². The molecule has 1 rings (SSSR count). The fourth-order valence-corrected chi connectivity index (χ4v) is 2.02. The van der Waals surface area contributed by atoms with Crippen LogP contribution in [0.1, 0.15) is 11.9 Å². The number of hydrogen-bond acceptors (Lipinski definition) is 3. The Labute approximate surface area is 84.9 Å². The van der Waals surface area contributed by atoms with Crippen LogP contribution in [0.3, 0.4) is 0 Å². The lowest BCUT2D eigenvalue weighted by molar-refractivity contribution is -0.137. The van der Waals surface area contributed by atoms with Gasteiger partial charge in [-0.3, -0.25) is 0 Å². The number of alkyl halides is 3. The van der Waals surface area contributed by atoms with Gasteiger partial charge in [0.15, 0.2) is 4.60 Å². The molecule has 0 saturated heterocycles. The Morgan fingerprint density at radius 1 is 1.54 bits per heavy atom. The minimum absolute atomic E-state index is 0.103. The van der Waals surface area contributed by atoms with Gasteiger partial charge in [0.2, 0.25) is 10.1 Å². The van der Waals surface area contributed by atoms with Gasteiger partial charge >= 0.3 is 6.18 Å². The summed E-state index contributed by atoms with van der Waals surface area (Å²) >= 11 is 3.37. The van der Waals surface area contributed by atoms with Crippen LogP contribution in [0.2, 0.25) is 0 Å². The molecule has 1 aromatic heterocycles. The molecule has 0 fully saturated rings. The average molecular weight is 276 g/mol. The highest BCUT2D eigenvalue weighted by molar-refractivity contribution is 9.10. The number of halogens is 4. The molecule has 0 amide bonds. The largest absolute Gasteiger partial charge is 0.482 e. The maximum Gasteiger partial charge on any atom is 0.443 e. The molecule has 74 valence electrons. The summed E-state index contributed by atoms with van der Waals surface area (Å²) in [5.41, 5.74) is 0. The molecule has 0 saturated carbocycles. The Morgan fingerprint density at radius 2 is 2.15 bits per heavy atom. The summed E-state index contributed by atoms with van der Waals surface area (Å²) < 4.78 is 41.3. The first-order valence-electron chi connectivity index (χ1n) is 3.31. The van der Waals surface area contributed by atoms with Crippen LogP contribution in [0.4, 0.5) is 13.2 Å². The van der Waals surface area contributed by atoms with E-state index < -0.39 is 11.2 Å². The normalized spacial score (nSPS) is 11.8. The van der Waals surface area contributed by atoms with Crippen LogP contribution in [0.5, 0.6) is 5.06 Å². The summed E-state index contributed by atoms with van der Waals surface area (Å²) in [5, 5.41) is -0.738. The molecule has 2 nitrogen and oxygen atoms in total. The van der Waals surface area contributed by atoms with E-state index in [0.717, 1.165) is 0 Å². The molecule has 1 heterocycles. The smallest absolute Gasteiger partial charge is 0.443 e. The third-order valence-electron chi connectivity index (χ3n) is 1.08. The van der Waals surface area contributed by atoms with E-state index in [1.807, 2.05) is 0 Å². The molecule has 7 heteroatoms. The molecule has 0 radical (unpaired) electrons. The van der Waals surface area contributed by atoms with E-state index in [9.17, 15) is 13.2 Å². The highest BCUT2D eigenvalue weighted by Gasteiger charge is 2.36. The van der Waals surface area contributed by atoms with Crippen molar-refractivity contribution < 1.29 is 17.9 Å². The molecule has 0 atom stereocenters. The number of nitrogens with zero attached hydrogens (tertiary/aromatic N) is 1. The Morgan fingerprint density at radius 3 is 2.54 bits per heavy atom. The SMILES string of the molecule is CCOc1sc(C(F)(F)F)nc1Br. The van der Waals surface area contributed by atoms with E-state index in [4.69, 9.17) is 4.74 Å². The van der Waals surface area contributed by atoms with E-state index in [-0.39, 0.29) is 9.67 Å². The summed E-state index contributed by atoms with van der Waals surface area (Å²) in [6.07, 6.45) is -4.40. The zero-order chi connectivity index (χ0) is 10.1. The second kappa shape index (κ2) is 3.83. The van der Waals surface area contributed by atoms with Gasteiger partial charge in [-0.2, -0.15) is 13.2 Å². The second-order valence-electron chi connectivity index (χ2n) is 2.03. The number of aromatic nitrogens is 1. The second-order valence-corrected chi connectivity index (χ2v) is 3.74. The monoisotopic (exact) mass is 275 g/mol. The van der Waals surface area contributed by atoms with Crippen LogP contribution < -0.4 is 4.74 Å². The van der Waals surface area contributed by atoms with Crippen LogP contribution in [0.15, 0.2) is 4.60 Å². The highest BCUT2D eigenvalue weighted by atomic mass is 79.9. The molecule has 0 aromatic carbocycles. The van der Waals surface area contributed by atoms with Crippen molar-refractivity contribution in [2.75, 3.05) is 6.61 Å². The lowest BCUT2D eigenvalue weighted by Crippen LogP contribution is -2.03. The number of rotatable bonds is 2. The summed E-state index contributed by atoms with van der Waals surface area (Å²) in [7, 11) is 0. The predicted octanol–water partition coefficient (Wildman–Crippen LogP) is 3.32. The number of ether oxygens (including phenoxy) is 1. The predicted molar refractivity (Wildman–Crippen MR) is 46.0 cm³/mol. The maximum absolute atomic E-state index is 12.1. The first-order chi connectivity index (χ1) is 5.95. The average Bonchev–Trinajstić information content (AvgIpc) is 2.32. The van der Waals surface area contributed by atoms with E-state index in [0.29, 0.717) is 17.9 Å². The zero-order valence-electron chi connectivity index (χ0n) is 6.48. The Balaban J connectivity index is 2.95. The first-order valence-corrected chi connectivity index (χ1v) is 4.92. The van der Waals surface area contributed by atoms with Gasteiger partial charge in [0.1, 0.15) is 0 Å². The minimum atomic E-state index is -4.40. The molecule has 0 aliphatic carbocycles. The Kier molecular flexibility index (Phi) is 3.18. The highest BCUT2D eigenvalue weighted by Crippen LogP contribution is 2.40. The maximum atomic E-state index is 12.1. The van der Waals surface area contributed by atoms with E-state index in [1.54, 1.807) is 6.92 Å². The van der Waals surface area contributed by atoms with Crippen LogP contribution in [0, 0.1) is 0 Å². The molecule has 1 aromatic rings. The van der Waals surface area contributed by atoms with Gasteiger partial charge in [0.25, 0.3) is 0 Å². The van der Waals surface area contributed by atoms with Crippen molar-refractivity contribution in [2.24, 2.45) is 0 Å². The lowest BCUT2D eigenvalue weighted by atomic mass is 10.7. The van der Waals surface area contributed by atoms with Crippen molar-refractivity contribution in [1.82, 2.24) is 4.98 Å². The molecule has 0 aliphatic heterocycles. The van der Waals surface area contributed by atoms with E-state index in [2.05, 4.69) is 20.9 Å². The summed E-state index contributed by atoms with van der Waals surface area (Å²) in [6, 6.07) is 0. The van der Waals surface area contributed by atoms with Crippen molar-refractivity contribution in [3.63, 3.8) is 0 Å². The topological polar surface area (TPSA) is 22.1 Å². The molecule has 0 aliphatic rings. The summed E-state index contributed by atoms with van der Waals surface area (Å²) in [5.74, 6) is 0. The van der Waals surface area contributed by atoms with Gasteiger partial charge in [0, 0.05) is 0 Å². The van der Waals surface area contributed by atoms with Crippen molar-refractivity contribution in [3.8, 4) is 5.06 Å². The van der Waals surface area contributed by atoms with Gasteiger partial charge in [-0.15, -0.1) is 0 Å². The number of hydrogen-bond donors (Lipinski definition) is 0. The van der Waals surface area contributed by atoms with E-state index >= 15 is 0 Å². The van der Waals surface area contributed by atoms with Gasteiger partial charge < -0.3 is 4.74 Å². The van der Waals surface area contributed by atoms with Crippen molar-refractivity contribution in [2.45, 2.75) is 13.1 Å². The molecule has 0 unspecified atom stereocenters. The van der Waals surface area contributed by atoms with Crippen LogP contribution in [-0.2, 0) is 6.18 Å². The van der Waals surface area contributed by atoms with Crippen LogP contribution in [-0.4, -0.2) is 11.6 Å². The molecule has 0 spiro atoms. The van der Waals surface area contributed by atoms with Crippen molar-refractivity contribution >= 4 is 27.3 Å². The first kappa shape index (κ1) is 10.8. The summed E-state index contributed by atoms with van der Waals surface area (Å²) in [4.78, 5) is 3.29.